The predicted octanol–water partition coefficient (Wildman–Crippen LogP) is 3.01. The van der Waals surface area contributed by atoms with Crippen molar-refractivity contribution in [2.24, 2.45) is 23.2 Å². The number of nitrogens with one attached hydrogen (secondary N) is 4. The lowest BCUT2D eigenvalue weighted by molar-refractivity contribution is -0.199. The molecule has 0 aromatic heterocycles. The van der Waals surface area contributed by atoms with E-state index in [9.17, 15) is 19.2 Å². The summed E-state index contributed by atoms with van der Waals surface area (Å²) in [6.45, 7) is 12.9. The average Bonchev–Trinajstić information content (AvgIpc) is 3.30. The Morgan fingerprint density at radius 3 is 2.45 bits per heavy atom. The molecule has 0 radical (unpaired) electrons. The van der Waals surface area contributed by atoms with Crippen molar-refractivity contribution in [3.8, 4) is 0 Å². The second-order valence-corrected chi connectivity index (χ2v) is 12.7. The summed E-state index contributed by atoms with van der Waals surface area (Å²) in [5.41, 5.74) is 2.89. The summed E-state index contributed by atoms with van der Waals surface area (Å²) in [5, 5.41) is 8.10. The molecule has 3 saturated carbocycles. The minimum atomic E-state index is -0.758. The molecule has 4 fully saturated rings. The van der Waals surface area contributed by atoms with Crippen molar-refractivity contribution in [2.75, 3.05) is 13.1 Å². The first-order chi connectivity index (χ1) is 19.8. The average molecular weight is 583 g/mol. The highest BCUT2D eigenvalue weighted by Gasteiger charge is 2.68. The van der Waals surface area contributed by atoms with E-state index < -0.39 is 25.0 Å². The molecule has 11 nitrogen and oxygen atoms in total. The smallest absolute Gasteiger partial charge is 0.404 e. The highest BCUT2D eigenvalue weighted by atomic mass is 16.7. The number of amides is 4. The number of hydrogen-bond donors (Lipinski definition) is 4. The monoisotopic (exact) mass is 582 g/mol. The zero-order chi connectivity index (χ0) is 30.7. The molecule has 12 heteroatoms. The van der Waals surface area contributed by atoms with Crippen LogP contribution in [-0.2, 0) is 23.7 Å². The Morgan fingerprint density at radius 2 is 1.81 bits per heavy atom. The number of hydrogen-bond acceptors (Lipinski definition) is 7. The van der Waals surface area contributed by atoms with E-state index in [-0.39, 0.29) is 35.5 Å². The Morgan fingerprint density at radius 1 is 1.10 bits per heavy atom. The van der Waals surface area contributed by atoms with Crippen LogP contribution in [0.4, 0.5) is 4.79 Å². The van der Waals surface area contributed by atoms with Gasteiger partial charge < -0.3 is 30.1 Å². The molecule has 1 unspecified atom stereocenters. The van der Waals surface area contributed by atoms with E-state index in [1.165, 1.54) is 12.2 Å². The molecule has 1 heterocycles. The van der Waals surface area contributed by atoms with E-state index in [2.05, 4.69) is 55.4 Å². The van der Waals surface area contributed by atoms with Crippen molar-refractivity contribution < 1.29 is 33.3 Å². The fourth-order valence-electron chi connectivity index (χ4n) is 6.57. The lowest BCUT2D eigenvalue weighted by atomic mass is 9.43. The van der Waals surface area contributed by atoms with Crippen LogP contribution in [0.25, 0.3) is 6.08 Å². The van der Waals surface area contributed by atoms with E-state index in [1.54, 1.807) is 31.2 Å². The third-order valence-electron chi connectivity index (χ3n) is 8.94. The first-order valence-corrected chi connectivity index (χ1v) is 14.8. The molecule has 4 aliphatic rings. The van der Waals surface area contributed by atoms with Crippen LogP contribution in [0.3, 0.4) is 0 Å². The summed E-state index contributed by atoms with van der Waals surface area (Å²) in [6, 6.07) is 6.49. The minimum absolute atomic E-state index is 0.0263. The second-order valence-electron chi connectivity index (χ2n) is 12.7. The summed E-state index contributed by atoms with van der Waals surface area (Å²) >= 11 is 0. The van der Waals surface area contributed by atoms with Crippen LogP contribution >= 0.6 is 0 Å². The molecule has 5 atom stereocenters. The topological polar surface area (TPSA) is 144 Å². The molecular weight excluding hydrogens is 539 g/mol. The highest BCUT2D eigenvalue weighted by molar-refractivity contribution is 6.47. The van der Waals surface area contributed by atoms with E-state index in [0.717, 1.165) is 12.8 Å². The molecular formula is C30H43BN4O7. The summed E-state index contributed by atoms with van der Waals surface area (Å²) in [7, 11) is -0.528. The van der Waals surface area contributed by atoms with Gasteiger partial charge in [0.05, 0.1) is 24.2 Å². The van der Waals surface area contributed by atoms with Gasteiger partial charge in [-0.05, 0) is 80.1 Å². The van der Waals surface area contributed by atoms with Gasteiger partial charge in [0, 0.05) is 18.2 Å². The maximum atomic E-state index is 12.9. The van der Waals surface area contributed by atoms with Crippen molar-refractivity contribution in [1.29, 1.82) is 0 Å². The van der Waals surface area contributed by atoms with Gasteiger partial charge in [-0.3, -0.25) is 14.4 Å². The largest absolute Gasteiger partial charge is 0.481 e. The zero-order valence-corrected chi connectivity index (χ0v) is 25.3. The first kappa shape index (κ1) is 31.6. The Kier molecular flexibility index (Phi) is 9.67. The zero-order valence-electron chi connectivity index (χ0n) is 25.3. The Labute approximate surface area is 248 Å². The number of carbonyl (C=O) groups is 4. The van der Waals surface area contributed by atoms with Crippen molar-refractivity contribution in [3.63, 3.8) is 0 Å². The lowest BCUT2D eigenvalue weighted by Crippen LogP contribution is -2.65. The van der Waals surface area contributed by atoms with Crippen molar-refractivity contribution in [1.82, 2.24) is 21.4 Å². The Bertz CT molecular complexity index is 1200. The van der Waals surface area contributed by atoms with Gasteiger partial charge in [0.15, 0.2) is 0 Å². The lowest BCUT2D eigenvalue weighted by Gasteiger charge is -2.64. The molecule has 2 bridgehead atoms. The van der Waals surface area contributed by atoms with E-state index in [0.29, 0.717) is 41.8 Å². The highest BCUT2D eigenvalue weighted by Crippen LogP contribution is 2.65. The Balaban J connectivity index is 1.26. The molecule has 42 heavy (non-hydrogen) atoms. The van der Waals surface area contributed by atoms with Crippen LogP contribution in [0.5, 0.6) is 0 Å². The number of hydroxylamine groups is 1. The third kappa shape index (κ3) is 6.98. The molecule has 3 aliphatic carbocycles. The van der Waals surface area contributed by atoms with Gasteiger partial charge in [-0.2, -0.15) is 5.48 Å². The van der Waals surface area contributed by atoms with Gasteiger partial charge in [-0.15, -0.1) is 0 Å². The SMILES string of the molecule is CCNC(=O)ONC(=O)/C=C/c1ccc(C(=O)NCC(=O)N[C@@H](CC(C)C)B2OC3C[C@H]4C[C@H](C4(C)C)[C@@]3(C)O2)cc1. The third-order valence-corrected chi connectivity index (χ3v) is 8.94. The van der Waals surface area contributed by atoms with Gasteiger partial charge in [-0.1, -0.05) is 39.8 Å². The summed E-state index contributed by atoms with van der Waals surface area (Å²) in [4.78, 5) is 53.1. The fourth-order valence-corrected chi connectivity index (χ4v) is 6.57. The molecule has 5 rings (SSSR count). The molecule has 1 aromatic carbocycles. The minimum Gasteiger partial charge on any atom is -0.404 e. The molecule has 228 valence electrons. The molecule has 4 amide bonds. The van der Waals surface area contributed by atoms with Crippen LogP contribution < -0.4 is 21.4 Å². The van der Waals surface area contributed by atoms with Crippen molar-refractivity contribution in [2.45, 2.75) is 78.5 Å². The first-order valence-electron chi connectivity index (χ1n) is 14.8. The normalized spacial score (nSPS) is 26.2. The molecule has 1 aromatic rings. The van der Waals surface area contributed by atoms with Gasteiger partial charge in [0.2, 0.25) is 5.91 Å². The number of benzene rings is 1. The number of rotatable bonds is 10. The van der Waals surface area contributed by atoms with Gasteiger partial charge in [0.1, 0.15) is 0 Å². The van der Waals surface area contributed by atoms with Crippen LogP contribution in [0.1, 0.15) is 76.7 Å². The molecule has 0 spiro atoms. The van der Waals surface area contributed by atoms with Gasteiger partial charge in [-0.25, -0.2) is 4.79 Å². The van der Waals surface area contributed by atoms with Gasteiger partial charge in [0.25, 0.3) is 11.8 Å². The fraction of sp³-hybridized carbons (Fsp3) is 0.600. The summed E-state index contributed by atoms with van der Waals surface area (Å²) in [5.74, 6) is -0.280. The van der Waals surface area contributed by atoms with Crippen LogP contribution in [0.2, 0.25) is 0 Å². The summed E-state index contributed by atoms with van der Waals surface area (Å²) < 4.78 is 13.0. The van der Waals surface area contributed by atoms with Crippen molar-refractivity contribution in [3.05, 3.63) is 41.5 Å². The predicted molar refractivity (Wildman–Crippen MR) is 158 cm³/mol. The quantitative estimate of drug-likeness (QED) is 0.189. The maximum absolute atomic E-state index is 12.9. The molecule has 4 N–H and O–H groups in total. The van der Waals surface area contributed by atoms with Crippen LogP contribution in [0.15, 0.2) is 30.3 Å². The van der Waals surface area contributed by atoms with Crippen LogP contribution in [0, 0.1) is 23.2 Å². The maximum Gasteiger partial charge on any atom is 0.481 e. The molecule has 1 aliphatic heterocycles. The molecule has 1 saturated heterocycles. The summed E-state index contributed by atoms with van der Waals surface area (Å²) in [6.07, 6.45) is 4.80. The van der Waals surface area contributed by atoms with Crippen molar-refractivity contribution >= 4 is 37.0 Å². The second kappa shape index (κ2) is 12.9. The Hall–Kier alpha value is -3.38. The number of carbonyl (C=O) groups excluding carboxylic acids is 4. The standard InChI is InChI=1S/C30H43BN4O7/c1-7-32-28(39)41-35-25(36)13-10-19-8-11-20(12-9-19)27(38)33-17-26(37)34-24(14-18(2)3)31-40-23-16-21-15-22(29(21,4)5)30(23,6)42-31/h8-13,18,21-24H,7,14-17H2,1-6H3,(H,32,39)(H,33,38)(H,34,37)(H,35,36)/b13-10+/t21-,22-,23?,24+,30-/m1/s1. The van der Waals surface area contributed by atoms with E-state index in [4.69, 9.17) is 9.31 Å². The van der Waals surface area contributed by atoms with E-state index >= 15 is 0 Å². The van der Waals surface area contributed by atoms with Crippen LogP contribution in [-0.4, -0.2) is 61.7 Å². The van der Waals surface area contributed by atoms with E-state index in [1.807, 2.05) is 5.48 Å². The van der Waals surface area contributed by atoms with Gasteiger partial charge >= 0.3 is 13.2 Å².